The highest BCUT2D eigenvalue weighted by atomic mass is 35.5. The molecule has 0 atom stereocenters. The van der Waals surface area contributed by atoms with Crippen LogP contribution in [0, 0.1) is 5.82 Å². The average molecular weight is 272 g/mol. The first-order chi connectivity index (χ1) is 8.08. The van der Waals surface area contributed by atoms with E-state index in [2.05, 4.69) is 10.3 Å². The number of rotatable bonds is 2. The molecule has 0 spiro atoms. The molecule has 1 amide bonds. The minimum Gasteiger partial charge on any atom is -0.375 e. The number of carbonyl (C=O) groups excluding carboxylic acids is 1. The maximum Gasteiger partial charge on any atom is 0.275 e. The average Bonchev–Trinajstić information content (AvgIpc) is 2.72. The number of nitrogens with two attached hydrogens (primary N) is 1. The first-order valence-corrected chi connectivity index (χ1v) is 5.80. The van der Waals surface area contributed by atoms with E-state index in [0.717, 1.165) is 11.3 Å². The molecule has 0 aliphatic rings. The third-order valence-electron chi connectivity index (χ3n) is 1.95. The second-order valence-corrected chi connectivity index (χ2v) is 4.42. The van der Waals surface area contributed by atoms with Crippen LogP contribution < -0.4 is 11.1 Å². The molecule has 0 saturated carbocycles. The molecule has 17 heavy (non-hydrogen) atoms. The van der Waals surface area contributed by atoms with Crippen molar-refractivity contribution in [3.05, 3.63) is 40.1 Å². The molecule has 4 nitrogen and oxygen atoms in total. The Balaban J connectivity index is 2.21. The van der Waals surface area contributed by atoms with Crippen LogP contribution in [0.3, 0.4) is 0 Å². The standard InChI is InChI=1S/C10H7ClFN3OS/c11-5-2-1-3-6(8(5)12)14-9(16)7-4-17-10(13)15-7/h1-4H,(H2,13,15)(H,14,16). The van der Waals surface area contributed by atoms with Crippen LogP contribution >= 0.6 is 22.9 Å². The number of nitrogens with one attached hydrogen (secondary N) is 1. The van der Waals surface area contributed by atoms with Crippen molar-refractivity contribution >= 4 is 39.7 Å². The summed E-state index contributed by atoms with van der Waals surface area (Å²) in [5.74, 6) is -1.20. The van der Waals surface area contributed by atoms with Crippen molar-refractivity contribution < 1.29 is 9.18 Å². The number of nitrogens with zero attached hydrogens (tertiary/aromatic N) is 1. The quantitative estimate of drug-likeness (QED) is 0.882. The Hall–Kier alpha value is -1.66. The number of hydrogen-bond donors (Lipinski definition) is 2. The summed E-state index contributed by atoms with van der Waals surface area (Å²) >= 11 is 6.72. The third-order valence-corrected chi connectivity index (χ3v) is 2.92. The first kappa shape index (κ1) is 11.8. The summed E-state index contributed by atoms with van der Waals surface area (Å²) in [6.45, 7) is 0. The van der Waals surface area contributed by atoms with Crippen molar-refractivity contribution in [1.82, 2.24) is 4.98 Å². The number of hydrogen-bond acceptors (Lipinski definition) is 4. The SMILES string of the molecule is Nc1nc(C(=O)Nc2cccc(Cl)c2F)cs1. The van der Waals surface area contributed by atoms with Gasteiger partial charge < -0.3 is 11.1 Å². The molecular formula is C10H7ClFN3OS. The fourth-order valence-electron chi connectivity index (χ4n) is 1.18. The second kappa shape index (κ2) is 4.68. The topological polar surface area (TPSA) is 68.0 Å². The van der Waals surface area contributed by atoms with E-state index in [1.807, 2.05) is 0 Å². The van der Waals surface area contributed by atoms with Gasteiger partial charge in [0.15, 0.2) is 10.9 Å². The number of nitrogen functional groups attached to an aromatic ring is 1. The van der Waals surface area contributed by atoms with Crippen LogP contribution in [0.1, 0.15) is 10.5 Å². The smallest absolute Gasteiger partial charge is 0.275 e. The van der Waals surface area contributed by atoms with Crippen LogP contribution in [0.5, 0.6) is 0 Å². The highest BCUT2D eigenvalue weighted by Gasteiger charge is 2.13. The third kappa shape index (κ3) is 2.54. The van der Waals surface area contributed by atoms with Crippen molar-refractivity contribution in [2.75, 3.05) is 11.1 Å². The summed E-state index contributed by atoms with van der Waals surface area (Å²) in [4.78, 5) is 15.4. The normalized spacial score (nSPS) is 10.2. The van der Waals surface area contributed by atoms with Crippen molar-refractivity contribution in [2.24, 2.45) is 0 Å². The molecule has 0 unspecified atom stereocenters. The summed E-state index contributed by atoms with van der Waals surface area (Å²) < 4.78 is 13.5. The second-order valence-electron chi connectivity index (χ2n) is 3.13. The highest BCUT2D eigenvalue weighted by Crippen LogP contribution is 2.22. The minimum absolute atomic E-state index is 0.00840. The summed E-state index contributed by atoms with van der Waals surface area (Å²) in [7, 11) is 0. The van der Waals surface area contributed by atoms with E-state index in [9.17, 15) is 9.18 Å². The Morgan fingerprint density at radius 2 is 2.29 bits per heavy atom. The van der Waals surface area contributed by atoms with Gasteiger partial charge in [0.1, 0.15) is 5.69 Å². The largest absolute Gasteiger partial charge is 0.375 e. The molecule has 3 N–H and O–H groups in total. The molecule has 1 aromatic heterocycles. The van der Waals surface area contributed by atoms with Crippen LogP contribution in [-0.4, -0.2) is 10.9 Å². The summed E-state index contributed by atoms with van der Waals surface area (Å²) in [6, 6.07) is 4.35. The van der Waals surface area contributed by atoms with Gasteiger partial charge in [-0.3, -0.25) is 4.79 Å². The zero-order chi connectivity index (χ0) is 12.4. The molecule has 7 heteroatoms. The van der Waals surface area contributed by atoms with Crippen LogP contribution in [0.2, 0.25) is 5.02 Å². The number of anilines is 2. The summed E-state index contributed by atoms with van der Waals surface area (Å²) in [5.41, 5.74) is 5.55. The Labute approximate surface area is 105 Å². The van der Waals surface area contributed by atoms with Gasteiger partial charge in [0.2, 0.25) is 0 Å². The lowest BCUT2D eigenvalue weighted by atomic mass is 10.3. The molecule has 1 aromatic carbocycles. The van der Waals surface area contributed by atoms with Gasteiger partial charge in [0.25, 0.3) is 5.91 Å². The molecule has 0 saturated heterocycles. The van der Waals surface area contributed by atoms with Crippen molar-refractivity contribution in [3.8, 4) is 0 Å². The van der Waals surface area contributed by atoms with Crippen LogP contribution in [0.4, 0.5) is 15.2 Å². The molecule has 88 valence electrons. The van der Waals surface area contributed by atoms with E-state index in [1.165, 1.54) is 23.6 Å². The number of halogens is 2. The van der Waals surface area contributed by atoms with Gasteiger partial charge in [-0.15, -0.1) is 11.3 Å². The van der Waals surface area contributed by atoms with Gasteiger partial charge in [-0.2, -0.15) is 0 Å². The molecule has 2 aromatic rings. The maximum atomic E-state index is 13.5. The molecule has 0 aliphatic heterocycles. The van der Waals surface area contributed by atoms with E-state index < -0.39 is 11.7 Å². The van der Waals surface area contributed by atoms with E-state index in [4.69, 9.17) is 17.3 Å². The number of amides is 1. The first-order valence-electron chi connectivity index (χ1n) is 4.54. The van der Waals surface area contributed by atoms with E-state index in [1.54, 1.807) is 0 Å². The summed E-state index contributed by atoms with van der Waals surface area (Å²) in [6.07, 6.45) is 0. The van der Waals surface area contributed by atoms with Crippen molar-refractivity contribution in [3.63, 3.8) is 0 Å². The van der Waals surface area contributed by atoms with Crippen molar-refractivity contribution in [2.45, 2.75) is 0 Å². The van der Waals surface area contributed by atoms with Gasteiger partial charge in [-0.05, 0) is 12.1 Å². The number of thiazole rings is 1. The number of carbonyl (C=O) groups is 1. The predicted octanol–water partition coefficient (Wildman–Crippen LogP) is 2.77. The molecular weight excluding hydrogens is 265 g/mol. The van der Waals surface area contributed by atoms with Crippen LogP contribution in [-0.2, 0) is 0 Å². The lowest BCUT2D eigenvalue weighted by Gasteiger charge is -2.05. The Kier molecular flexibility index (Phi) is 3.26. The van der Waals surface area contributed by atoms with E-state index in [0.29, 0.717) is 0 Å². The van der Waals surface area contributed by atoms with Gasteiger partial charge in [0.05, 0.1) is 10.7 Å². The fraction of sp³-hybridized carbons (Fsp3) is 0. The van der Waals surface area contributed by atoms with Crippen LogP contribution in [0.25, 0.3) is 0 Å². The maximum absolute atomic E-state index is 13.5. The molecule has 0 radical (unpaired) electrons. The Bertz CT molecular complexity index is 572. The molecule has 1 heterocycles. The fourth-order valence-corrected chi connectivity index (χ4v) is 1.90. The molecule has 0 bridgehead atoms. The van der Waals surface area contributed by atoms with E-state index >= 15 is 0 Å². The predicted molar refractivity (Wildman–Crippen MR) is 65.9 cm³/mol. The van der Waals surface area contributed by atoms with Gasteiger partial charge >= 0.3 is 0 Å². The zero-order valence-corrected chi connectivity index (χ0v) is 9.98. The van der Waals surface area contributed by atoms with Gasteiger partial charge in [-0.25, -0.2) is 9.37 Å². The zero-order valence-electron chi connectivity index (χ0n) is 8.41. The number of benzene rings is 1. The highest BCUT2D eigenvalue weighted by molar-refractivity contribution is 7.13. The van der Waals surface area contributed by atoms with Crippen molar-refractivity contribution in [1.29, 1.82) is 0 Å². The lowest BCUT2D eigenvalue weighted by molar-refractivity contribution is 0.102. The van der Waals surface area contributed by atoms with Crippen LogP contribution in [0.15, 0.2) is 23.6 Å². The monoisotopic (exact) mass is 271 g/mol. The molecule has 0 aliphatic carbocycles. The Morgan fingerprint density at radius 3 is 2.94 bits per heavy atom. The van der Waals surface area contributed by atoms with E-state index in [-0.39, 0.29) is 21.5 Å². The summed E-state index contributed by atoms with van der Waals surface area (Å²) in [5, 5.41) is 4.09. The van der Waals surface area contributed by atoms with Gasteiger partial charge in [0, 0.05) is 5.38 Å². The van der Waals surface area contributed by atoms with Gasteiger partial charge in [-0.1, -0.05) is 17.7 Å². The molecule has 0 fully saturated rings. The number of aromatic nitrogens is 1. The Morgan fingerprint density at radius 1 is 1.53 bits per heavy atom. The lowest BCUT2D eigenvalue weighted by Crippen LogP contribution is -2.13. The molecule has 2 rings (SSSR count). The minimum atomic E-state index is -0.675.